The lowest BCUT2D eigenvalue weighted by molar-refractivity contribution is 0.371. The van der Waals surface area contributed by atoms with Crippen LogP contribution >= 0.6 is 11.9 Å². The molecule has 4 rings (SSSR count). The van der Waals surface area contributed by atoms with Gasteiger partial charge in [0.15, 0.2) is 0 Å². The monoisotopic (exact) mass is 338 g/mol. The van der Waals surface area contributed by atoms with Crippen molar-refractivity contribution in [1.82, 2.24) is 4.90 Å². The molecule has 1 fully saturated rings. The van der Waals surface area contributed by atoms with Gasteiger partial charge in [0.05, 0.1) is 0 Å². The van der Waals surface area contributed by atoms with Gasteiger partial charge >= 0.3 is 0 Å². The van der Waals surface area contributed by atoms with Crippen molar-refractivity contribution in [3.05, 3.63) is 59.7 Å². The van der Waals surface area contributed by atoms with Gasteiger partial charge in [-0.3, -0.25) is 0 Å². The van der Waals surface area contributed by atoms with E-state index in [0.717, 1.165) is 35.9 Å². The Kier molecular flexibility index (Phi) is 4.48. The molecular weight excluding hydrogens is 316 g/mol. The summed E-state index contributed by atoms with van der Waals surface area (Å²) in [6, 6.07) is 16.7. The maximum atomic E-state index is 6.01. The molecule has 2 aliphatic heterocycles. The van der Waals surface area contributed by atoms with Gasteiger partial charge in [0, 0.05) is 24.8 Å². The first kappa shape index (κ1) is 15.6. The Labute approximate surface area is 147 Å². The highest BCUT2D eigenvalue weighted by Crippen LogP contribution is 2.34. The van der Waals surface area contributed by atoms with Crippen molar-refractivity contribution in [3.63, 3.8) is 0 Å². The fourth-order valence-corrected chi connectivity index (χ4v) is 4.21. The SMILES string of the molecule is Cc1ccccc1Oc1ccc(C2CCCN3CCSN=C23)cc1. The smallest absolute Gasteiger partial charge is 0.130 e. The zero-order valence-electron chi connectivity index (χ0n) is 13.9. The molecule has 0 aliphatic carbocycles. The molecule has 0 aromatic heterocycles. The summed E-state index contributed by atoms with van der Waals surface area (Å²) >= 11 is 1.71. The summed E-state index contributed by atoms with van der Waals surface area (Å²) in [5, 5.41) is 0. The fourth-order valence-electron chi connectivity index (χ4n) is 3.44. The summed E-state index contributed by atoms with van der Waals surface area (Å²) < 4.78 is 10.8. The lowest BCUT2D eigenvalue weighted by atomic mass is 9.89. The van der Waals surface area contributed by atoms with Crippen LogP contribution in [-0.2, 0) is 0 Å². The summed E-state index contributed by atoms with van der Waals surface area (Å²) in [5.74, 6) is 4.62. The van der Waals surface area contributed by atoms with E-state index in [-0.39, 0.29) is 0 Å². The minimum Gasteiger partial charge on any atom is -0.457 e. The van der Waals surface area contributed by atoms with Crippen molar-refractivity contribution < 1.29 is 4.74 Å². The van der Waals surface area contributed by atoms with Crippen molar-refractivity contribution in [1.29, 1.82) is 0 Å². The zero-order valence-corrected chi connectivity index (χ0v) is 14.8. The Morgan fingerprint density at radius 2 is 1.92 bits per heavy atom. The second-order valence-electron chi connectivity index (χ2n) is 6.40. The van der Waals surface area contributed by atoms with E-state index in [1.807, 2.05) is 18.2 Å². The van der Waals surface area contributed by atoms with E-state index in [1.165, 1.54) is 24.2 Å². The molecule has 4 heteroatoms. The van der Waals surface area contributed by atoms with Crippen molar-refractivity contribution in [3.8, 4) is 11.5 Å². The molecule has 2 heterocycles. The quantitative estimate of drug-likeness (QED) is 0.734. The van der Waals surface area contributed by atoms with Gasteiger partial charge in [-0.2, -0.15) is 0 Å². The van der Waals surface area contributed by atoms with Crippen LogP contribution < -0.4 is 4.74 Å². The first-order valence-electron chi connectivity index (χ1n) is 8.59. The second kappa shape index (κ2) is 6.89. The number of nitrogens with zero attached hydrogens (tertiary/aromatic N) is 2. The molecule has 0 saturated carbocycles. The summed E-state index contributed by atoms with van der Waals surface area (Å²) in [5.41, 5.74) is 2.50. The van der Waals surface area contributed by atoms with Crippen molar-refractivity contribution in [2.24, 2.45) is 4.40 Å². The first-order chi connectivity index (χ1) is 11.8. The summed E-state index contributed by atoms with van der Waals surface area (Å²) in [6.07, 6.45) is 2.43. The molecule has 0 spiro atoms. The van der Waals surface area contributed by atoms with E-state index in [9.17, 15) is 0 Å². The molecular formula is C20H22N2OS. The molecule has 2 aromatic carbocycles. The van der Waals surface area contributed by atoms with E-state index in [4.69, 9.17) is 9.13 Å². The van der Waals surface area contributed by atoms with Crippen LogP contribution in [0.4, 0.5) is 0 Å². The molecule has 0 N–H and O–H groups in total. The Bertz CT molecular complexity index is 742. The third kappa shape index (κ3) is 3.16. The third-order valence-corrected chi connectivity index (χ3v) is 5.45. The highest BCUT2D eigenvalue weighted by molar-refractivity contribution is 7.98. The van der Waals surface area contributed by atoms with Crippen LogP contribution in [0.3, 0.4) is 0 Å². The number of benzene rings is 2. The highest BCUT2D eigenvalue weighted by atomic mass is 32.2. The van der Waals surface area contributed by atoms with Gasteiger partial charge in [-0.05, 0) is 61.0 Å². The average molecular weight is 338 g/mol. The predicted octanol–water partition coefficient (Wildman–Crippen LogP) is 5.03. The minimum atomic E-state index is 0.430. The first-order valence-corrected chi connectivity index (χ1v) is 9.54. The van der Waals surface area contributed by atoms with Gasteiger partial charge in [-0.15, -0.1) is 0 Å². The van der Waals surface area contributed by atoms with Crippen LogP contribution in [-0.4, -0.2) is 29.6 Å². The zero-order chi connectivity index (χ0) is 16.4. The van der Waals surface area contributed by atoms with Crippen LogP contribution in [0.15, 0.2) is 52.9 Å². The molecule has 0 bridgehead atoms. The molecule has 24 heavy (non-hydrogen) atoms. The van der Waals surface area contributed by atoms with Crippen LogP contribution in [0.2, 0.25) is 0 Å². The predicted molar refractivity (Wildman–Crippen MR) is 101 cm³/mol. The maximum Gasteiger partial charge on any atom is 0.130 e. The van der Waals surface area contributed by atoms with Gasteiger partial charge in [0.25, 0.3) is 0 Å². The van der Waals surface area contributed by atoms with Crippen molar-refractivity contribution in [2.75, 3.05) is 18.8 Å². The maximum absolute atomic E-state index is 6.01. The normalized spacial score (nSPS) is 20.3. The van der Waals surface area contributed by atoms with Crippen LogP contribution in [0, 0.1) is 6.92 Å². The number of hydrogen-bond acceptors (Lipinski definition) is 4. The molecule has 0 radical (unpaired) electrons. The van der Waals surface area contributed by atoms with E-state index < -0.39 is 0 Å². The van der Waals surface area contributed by atoms with E-state index in [2.05, 4.69) is 42.2 Å². The Hall–Kier alpha value is -1.94. The van der Waals surface area contributed by atoms with Gasteiger partial charge in [-0.1, -0.05) is 30.3 Å². The minimum absolute atomic E-state index is 0.430. The molecule has 1 atom stereocenters. The number of aryl methyl sites for hydroxylation is 1. The molecule has 1 saturated heterocycles. The second-order valence-corrected chi connectivity index (χ2v) is 7.25. The van der Waals surface area contributed by atoms with E-state index in [0.29, 0.717) is 5.92 Å². The van der Waals surface area contributed by atoms with Gasteiger partial charge in [0.2, 0.25) is 0 Å². The number of fused-ring (bicyclic) bond motifs is 1. The van der Waals surface area contributed by atoms with Crippen LogP contribution in [0.25, 0.3) is 0 Å². The lowest BCUT2D eigenvalue weighted by Gasteiger charge is -2.37. The van der Waals surface area contributed by atoms with Gasteiger partial charge in [-0.25, -0.2) is 4.40 Å². The molecule has 2 aromatic rings. The summed E-state index contributed by atoms with van der Waals surface area (Å²) in [6.45, 7) is 4.36. The number of rotatable bonds is 3. The summed E-state index contributed by atoms with van der Waals surface area (Å²) in [4.78, 5) is 2.46. The topological polar surface area (TPSA) is 24.8 Å². The standard InChI is InChI=1S/C20H22N2OS/c1-15-5-2-3-7-19(15)23-17-10-8-16(9-11-17)18-6-4-12-22-13-14-24-21-20(18)22/h2-3,5,7-11,18H,4,6,12-14H2,1H3. The van der Waals surface area contributed by atoms with Crippen LogP contribution in [0.5, 0.6) is 11.5 Å². The number of ether oxygens (including phenoxy) is 1. The van der Waals surface area contributed by atoms with E-state index >= 15 is 0 Å². The largest absolute Gasteiger partial charge is 0.457 e. The summed E-state index contributed by atoms with van der Waals surface area (Å²) in [7, 11) is 0. The molecule has 1 unspecified atom stereocenters. The van der Waals surface area contributed by atoms with Crippen molar-refractivity contribution in [2.45, 2.75) is 25.7 Å². The van der Waals surface area contributed by atoms with Crippen LogP contribution in [0.1, 0.15) is 29.9 Å². The number of para-hydroxylation sites is 1. The van der Waals surface area contributed by atoms with Gasteiger partial charge in [0.1, 0.15) is 17.3 Å². The van der Waals surface area contributed by atoms with E-state index in [1.54, 1.807) is 11.9 Å². The number of hydrogen-bond donors (Lipinski definition) is 0. The third-order valence-electron chi connectivity index (χ3n) is 4.77. The van der Waals surface area contributed by atoms with Gasteiger partial charge < -0.3 is 9.64 Å². The molecule has 124 valence electrons. The fraction of sp³-hybridized carbons (Fsp3) is 0.350. The Morgan fingerprint density at radius 3 is 2.75 bits per heavy atom. The molecule has 0 amide bonds. The highest BCUT2D eigenvalue weighted by Gasteiger charge is 2.29. The Morgan fingerprint density at radius 1 is 1.08 bits per heavy atom. The Balaban J connectivity index is 1.53. The average Bonchev–Trinajstić information content (AvgIpc) is 2.64. The molecule has 2 aliphatic rings. The van der Waals surface area contributed by atoms with Crippen molar-refractivity contribution >= 4 is 17.8 Å². The number of amidine groups is 1. The molecule has 3 nitrogen and oxygen atoms in total. The lowest BCUT2D eigenvalue weighted by Crippen LogP contribution is -2.42. The number of piperidine rings is 1.